The number of pyridine rings is 1. The summed E-state index contributed by atoms with van der Waals surface area (Å²) in [5.41, 5.74) is 3.13. The number of aromatic nitrogens is 3. The van der Waals surface area contributed by atoms with Gasteiger partial charge >= 0.3 is 0 Å². The molecule has 0 spiro atoms. The molecule has 0 aliphatic carbocycles. The summed E-state index contributed by atoms with van der Waals surface area (Å²) >= 11 is 0. The number of benzene rings is 1. The number of carbonyl (C=O) groups is 1. The third-order valence-electron chi connectivity index (χ3n) is 4.84. The third-order valence-corrected chi connectivity index (χ3v) is 4.84. The Kier molecular flexibility index (Phi) is 3.67. The van der Waals surface area contributed by atoms with Crippen LogP contribution in [0.25, 0.3) is 11.2 Å². The zero-order chi connectivity index (χ0) is 17.6. The fourth-order valence-electron chi connectivity index (χ4n) is 3.25. The minimum absolute atomic E-state index is 0.0440. The van der Waals surface area contributed by atoms with Crippen molar-refractivity contribution in [3.8, 4) is 5.75 Å². The van der Waals surface area contributed by atoms with Crippen molar-refractivity contribution in [2.24, 2.45) is 0 Å². The molecule has 0 fully saturated rings. The van der Waals surface area contributed by atoms with Crippen LogP contribution in [0.5, 0.6) is 5.75 Å². The van der Waals surface area contributed by atoms with E-state index < -0.39 is 0 Å². The summed E-state index contributed by atoms with van der Waals surface area (Å²) in [7, 11) is 1.81. The number of nitrogens with one attached hydrogen (secondary N) is 1. The molecule has 6 heteroatoms. The Bertz CT molecular complexity index is 925. The van der Waals surface area contributed by atoms with E-state index in [4.69, 9.17) is 4.74 Å². The SMILES string of the molecule is Cc1nc2ncc(C(=O)N(C)C(C)C3Cc4ccccc4O3)cc2[nH]1. The summed E-state index contributed by atoms with van der Waals surface area (Å²) in [6, 6.07) is 9.77. The average Bonchev–Trinajstić information content (AvgIpc) is 3.21. The Morgan fingerprint density at radius 1 is 1.40 bits per heavy atom. The van der Waals surface area contributed by atoms with E-state index in [1.54, 1.807) is 17.2 Å². The van der Waals surface area contributed by atoms with Crippen molar-refractivity contribution in [3.63, 3.8) is 0 Å². The fourth-order valence-corrected chi connectivity index (χ4v) is 3.25. The molecule has 0 radical (unpaired) electrons. The van der Waals surface area contributed by atoms with Crippen molar-refractivity contribution in [2.45, 2.75) is 32.4 Å². The molecule has 1 aliphatic rings. The predicted molar refractivity (Wildman–Crippen MR) is 94.7 cm³/mol. The second-order valence-corrected chi connectivity index (χ2v) is 6.54. The Morgan fingerprint density at radius 3 is 3.00 bits per heavy atom. The lowest BCUT2D eigenvalue weighted by Crippen LogP contribution is -2.44. The highest BCUT2D eigenvalue weighted by molar-refractivity contribution is 5.96. The van der Waals surface area contributed by atoms with Gasteiger partial charge in [0.25, 0.3) is 5.91 Å². The Morgan fingerprint density at radius 2 is 2.20 bits per heavy atom. The average molecular weight is 336 g/mol. The van der Waals surface area contributed by atoms with Crippen LogP contribution in [0.2, 0.25) is 0 Å². The molecule has 1 N–H and O–H groups in total. The van der Waals surface area contributed by atoms with E-state index in [2.05, 4.69) is 21.0 Å². The lowest BCUT2D eigenvalue weighted by atomic mass is 10.0. The van der Waals surface area contributed by atoms with E-state index in [9.17, 15) is 4.79 Å². The molecule has 0 saturated heterocycles. The van der Waals surface area contributed by atoms with Crippen molar-refractivity contribution >= 4 is 17.1 Å². The quantitative estimate of drug-likeness (QED) is 0.798. The summed E-state index contributed by atoms with van der Waals surface area (Å²) in [6.45, 7) is 3.88. The van der Waals surface area contributed by atoms with Crippen LogP contribution in [-0.4, -0.2) is 45.0 Å². The number of hydrogen-bond donors (Lipinski definition) is 1. The Labute approximate surface area is 145 Å². The highest BCUT2D eigenvalue weighted by Gasteiger charge is 2.32. The number of hydrogen-bond acceptors (Lipinski definition) is 4. The van der Waals surface area contributed by atoms with Gasteiger partial charge in [0.15, 0.2) is 5.65 Å². The molecule has 3 aromatic rings. The van der Waals surface area contributed by atoms with E-state index in [1.165, 1.54) is 5.56 Å². The molecule has 1 aromatic carbocycles. The summed E-state index contributed by atoms with van der Waals surface area (Å²) in [5, 5.41) is 0. The second-order valence-electron chi connectivity index (χ2n) is 6.54. The second kappa shape index (κ2) is 5.88. The lowest BCUT2D eigenvalue weighted by molar-refractivity contribution is 0.0598. The molecule has 1 amide bonds. The predicted octanol–water partition coefficient (Wildman–Crippen LogP) is 2.73. The fraction of sp³-hybridized carbons (Fsp3) is 0.316. The van der Waals surface area contributed by atoms with E-state index in [0.29, 0.717) is 11.2 Å². The van der Waals surface area contributed by atoms with Gasteiger partial charge in [0.2, 0.25) is 0 Å². The van der Waals surface area contributed by atoms with Gasteiger partial charge in [0, 0.05) is 19.7 Å². The number of carbonyl (C=O) groups excluding carboxylic acids is 1. The minimum Gasteiger partial charge on any atom is -0.488 e. The molecule has 2 atom stereocenters. The molecular weight excluding hydrogens is 316 g/mol. The van der Waals surface area contributed by atoms with E-state index in [1.807, 2.05) is 39.1 Å². The van der Waals surface area contributed by atoms with Gasteiger partial charge in [-0.2, -0.15) is 0 Å². The number of nitrogens with zero attached hydrogens (tertiary/aromatic N) is 3. The van der Waals surface area contributed by atoms with Crippen LogP contribution in [0, 0.1) is 6.92 Å². The first kappa shape index (κ1) is 15.6. The number of para-hydroxylation sites is 1. The standard InChI is InChI=1S/C19H20N4O2/c1-11(17-9-13-6-4-5-7-16(13)25-17)23(3)19(24)14-8-15-18(20-10-14)22-12(2)21-15/h4-8,10-11,17H,9H2,1-3H3,(H,20,21,22). The number of aromatic amines is 1. The summed E-state index contributed by atoms with van der Waals surface area (Å²) in [4.78, 5) is 26.2. The maximum absolute atomic E-state index is 12.9. The van der Waals surface area contributed by atoms with Gasteiger partial charge in [-0.15, -0.1) is 0 Å². The molecular formula is C19H20N4O2. The van der Waals surface area contributed by atoms with Crippen molar-refractivity contribution < 1.29 is 9.53 Å². The van der Waals surface area contributed by atoms with Crippen molar-refractivity contribution in [2.75, 3.05) is 7.05 Å². The van der Waals surface area contributed by atoms with Gasteiger partial charge in [0.05, 0.1) is 17.1 Å². The number of imidazole rings is 1. The summed E-state index contributed by atoms with van der Waals surface area (Å²) in [5.74, 6) is 1.62. The summed E-state index contributed by atoms with van der Waals surface area (Å²) in [6.07, 6.45) is 2.35. The van der Waals surface area contributed by atoms with Crippen LogP contribution in [0.15, 0.2) is 36.5 Å². The van der Waals surface area contributed by atoms with Crippen molar-refractivity contribution in [3.05, 3.63) is 53.5 Å². The first-order valence-electron chi connectivity index (χ1n) is 8.37. The van der Waals surface area contributed by atoms with E-state index >= 15 is 0 Å². The topological polar surface area (TPSA) is 71.1 Å². The molecule has 1 aliphatic heterocycles. The number of aryl methyl sites for hydroxylation is 1. The molecule has 0 bridgehead atoms. The van der Waals surface area contributed by atoms with Gasteiger partial charge in [-0.05, 0) is 31.5 Å². The van der Waals surface area contributed by atoms with Crippen LogP contribution in [-0.2, 0) is 6.42 Å². The Hall–Kier alpha value is -2.89. The number of rotatable bonds is 3. The van der Waals surface area contributed by atoms with Gasteiger partial charge in [-0.25, -0.2) is 9.97 Å². The molecule has 3 heterocycles. The van der Waals surface area contributed by atoms with E-state index in [0.717, 1.165) is 23.5 Å². The maximum Gasteiger partial charge on any atom is 0.255 e. The number of fused-ring (bicyclic) bond motifs is 2. The third kappa shape index (κ3) is 2.73. The zero-order valence-electron chi connectivity index (χ0n) is 14.5. The zero-order valence-corrected chi connectivity index (χ0v) is 14.5. The van der Waals surface area contributed by atoms with E-state index in [-0.39, 0.29) is 18.1 Å². The molecule has 25 heavy (non-hydrogen) atoms. The number of likely N-dealkylation sites (N-methyl/N-ethyl adjacent to an activating group) is 1. The van der Waals surface area contributed by atoms with Gasteiger partial charge in [-0.1, -0.05) is 18.2 Å². The van der Waals surface area contributed by atoms with Gasteiger partial charge < -0.3 is 14.6 Å². The van der Waals surface area contributed by atoms with Crippen molar-refractivity contribution in [1.82, 2.24) is 19.9 Å². The lowest BCUT2D eigenvalue weighted by Gasteiger charge is -2.29. The molecule has 2 unspecified atom stereocenters. The van der Waals surface area contributed by atoms with Crippen molar-refractivity contribution in [1.29, 1.82) is 0 Å². The highest BCUT2D eigenvalue weighted by Crippen LogP contribution is 2.30. The van der Waals surface area contributed by atoms with Crippen LogP contribution in [0.3, 0.4) is 0 Å². The summed E-state index contributed by atoms with van der Waals surface area (Å²) < 4.78 is 6.02. The maximum atomic E-state index is 12.9. The molecule has 4 rings (SSSR count). The minimum atomic E-state index is -0.0753. The normalized spacial score (nSPS) is 17.2. The molecule has 2 aromatic heterocycles. The number of ether oxygens (including phenoxy) is 1. The molecule has 128 valence electrons. The molecule has 6 nitrogen and oxygen atoms in total. The first-order valence-corrected chi connectivity index (χ1v) is 8.37. The van der Waals surface area contributed by atoms with Gasteiger partial charge in [-0.3, -0.25) is 4.79 Å². The first-order chi connectivity index (χ1) is 12.0. The number of amides is 1. The highest BCUT2D eigenvalue weighted by atomic mass is 16.5. The molecule has 0 saturated carbocycles. The largest absolute Gasteiger partial charge is 0.488 e. The number of H-pyrrole nitrogens is 1. The van der Waals surface area contributed by atoms with Crippen LogP contribution in [0.4, 0.5) is 0 Å². The van der Waals surface area contributed by atoms with Crippen LogP contribution < -0.4 is 4.74 Å². The smallest absolute Gasteiger partial charge is 0.255 e. The van der Waals surface area contributed by atoms with Crippen LogP contribution in [0.1, 0.15) is 28.7 Å². The monoisotopic (exact) mass is 336 g/mol. The Balaban J connectivity index is 1.53. The van der Waals surface area contributed by atoms with Gasteiger partial charge in [0.1, 0.15) is 17.7 Å². The van der Waals surface area contributed by atoms with Crippen LogP contribution >= 0.6 is 0 Å².